The van der Waals surface area contributed by atoms with E-state index in [-0.39, 0.29) is 17.2 Å². The molecule has 0 atom stereocenters. The van der Waals surface area contributed by atoms with Crippen molar-refractivity contribution in [3.63, 3.8) is 0 Å². The minimum absolute atomic E-state index is 0.0924. The molecule has 0 aliphatic heterocycles. The topological polar surface area (TPSA) is 116 Å². The van der Waals surface area contributed by atoms with E-state index in [4.69, 9.17) is 4.98 Å². The zero-order chi connectivity index (χ0) is 27.4. The van der Waals surface area contributed by atoms with Crippen molar-refractivity contribution < 1.29 is 0 Å². The standard InChI is InChI=1S/C30H32N8O2/c1-18(2)27-31-28-25(29(39)38(17-20-9-10-20)30(40)37(28)16-19-7-8-19)36(27)15-21-11-13-22(14-12-21)23-5-3-4-6-24(23)26-32-34-35-33-26/h3-6,11-14,18-20H,7-10,15-17H2,1-2H3,(H,32,33,34,35). The molecule has 0 spiro atoms. The molecule has 2 saturated carbocycles. The quantitative estimate of drug-likeness (QED) is 0.302. The van der Waals surface area contributed by atoms with Gasteiger partial charge in [0.15, 0.2) is 17.0 Å². The van der Waals surface area contributed by atoms with Crippen molar-refractivity contribution in [3.8, 4) is 22.5 Å². The second kappa shape index (κ2) is 9.69. The summed E-state index contributed by atoms with van der Waals surface area (Å²) in [6.45, 7) is 5.79. The van der Waals surface area contributed by atoms with E-state index in [1.807, 2.05) is 22.8 Å². The highest BCUT2D eigenvalue weighted by atomic mass is 16.2. The van der Waals surface area contributed by atoms with Crippen LogP contribution in [0.4, 0.5) is 0 Å². The van der Waals surface area contributed by atoms with Gasteiger partial charge in [0.2, 0.25) is 0 Å². The SMILES string of the molecule is CC(C)c1nc2c(c(=O)n(CC3CC3)c(=O)n2CC2CC2)n1Cc1ccc(-c2ccccc2-c2nnn[nH]2)cc1. The monoisotopic (exact) mass is 536 g/mol. The minimum atomic E-state index is -0.218. The van der Waals surface area contributed by atoms with E-state index in [1.54, 1.807) is 4.57 Å². The molecular formula is C30H32N8O2. The molecule has 2 fully saturated rings. The Labute approximate surface area is 230 Å². The molecule has 40 heavy (non-hydrogen) atoms. The zero-order valence-corrected chi connectivity index (χ0v) is 22.7. The highest BCUT2D eigenvalue weighted by Gasteiger charge is 2.30. The third-order valence-corrected chi connectivity index (χ3v) is 8.07. The Morgan fingerprint density at radius 2 is 1.55 bits per heavy atom. The highest BCUT2D eigenvalue weighted by molar-refractivity contribution is 5.80. The number of nitrogens with one attached hydrogen (secondary N) is 1. The van der Waals surface area contributed by atoms with Crippen LogP contribution >= 0.6 is 0 Å². The molecule has 1 N–H and O–H groups in total. The van der Waals surface area contributed by atoms with Crippen LogP contribution in [-0.4, -0.2) is 39.3 Å². The van der Waals surface area contributed by atoms with Crippen LogP contribution in [-0.2, 0) is 19.6 Å². The van der Waals surface area contributed by atoms with Crippen molar-refractivity contribution >= 4 is 11.2 Å². The Hall–Kier alpha value is -4.34. The van der Waals surface area contributed by atoms with Crippen LogP contribution in [0.5, 0.6) is 0 Å². The fraction of sp³-hybridized carbons (Fsp3) is 0.400. The highest BCUT2D eigenvalue weighted by Crippen LogP contribution is 2.33. The number of rotatable bonds is 9. The molecule has 7 rings (SSSR count). The fourth-order valence-corrected chi connectivity index (χ4v) is 5.54. The molecule has 2 aromatic carbocycles. The van der Waals surface area contributed by atoms with Crippen LogP contribution in [0.15, 0.2) is 58.1 Å². The molecule has 2 aliphatic carbocycles. The van der Waals surface area contributed by atoms with Gasteiger partial charge in [0, 0.05) is 31.1 Å². The molecule has 10 heteroatoms. The lowest BCUT2D eigenvalue weighted by Crippen LogP contribution is -2.41. The molecule has 0 unspecified atom stereocenters. The molecule has 3 aromatic heterocycles. The van der Waals surface area contributed by atoms with Gasteiger partial charge in [-0.3, -0.25) is 13.9 Å². The normalized spacial score (nSPS) is 15.4. The van der Waals surface area contributed by atoms with E-state index in [2.05, 4.69) is 64.8 Å². The Bertz CT molecular complexity index is 1800. The maximum absolute atomic E-state index is 13.9. The maximum atomic E-state index is 13.9. The summed E-state index contributed by atoms with van der Waals surface area (Å²) >= 11 is 0. The van der Waals surface area contributed by atoms with Crippen molar-refractivity contribution in [3.05, 3.63) is 80.8 Å². The minimum Gasteiger partial charge on any atom is -0.317 e. The first kappa shape index (κ1) is 24.7. The molecule has 0 saturated heterocycles. The lowest BCUT2D eigenvalue weighted by molar-refractivity contribution is 0.519. The summed E-state index contributed by atoms with van der Waals surface area (Å²) in [5.41, 5.74) is 4.69. The van der Waals surface area contributed by atoms with E-state index in [9.17, 15) is 9.59 Å². The lowest BCUT2D eigenvalue weighted by atomic mass is 9.98. The third kappa shape index (κ3) is 4.47. The first-order valence-electron chi connectivity index (χ1n) is 14.1. The zero-order valence-electron chi connectivity index (χ0n) is 22.7. The van der Waals surface area contributed by atoms with Crippen molar-refractivity contribution in [2.75, 3.05) is 0 Å². The number of aromatic amines is 1. The van der Waals surface area contributed by atoms with Gasteiger partial charge in [-0.05, 0) is 64.6 Å². The number of hydrogen-bond acceptors (Lipinski definition) is 6. The lowest BCUT2D eigenvalue weighted by Gasteiger charge is -2.14. The number of fused-ring (bicyclic) bond motifs is 1. The molecule has 0 amide bonds. The summed E-state index contributed by atoms with van der Waals surface area (Å²) in [7, 11) is 0. The largest absolute Gasteiger partial charge is 0.332 e. The molecule has 3 heterocycles. The van der Waals surface area contributed by atoms with Gasteiger partial charge in [-0.1, -0.05) is 62.4 Å². The number of tetrazole rings is 1. The van der Waals surface area contributed by atoms with E-state index < -0.39 is 0 Å². The van der Waals surface area contributed by atoms with E-state index in [0.29, 0.717) is 48.5 Å². The third-order valence-electron chi connectivity index (χ3n) is 8.07. The molecule has 0 radical (unpaired) electrons. The van der Waals surface area contributed by atoms with Gasteiger partial charge in [-0.15, -0.1) is 5.10 Å². The van der Waals surface area contributed by atoms with Crippen LogP contribution in [0.3, 0.4) is 0 Å². The van der Waals surface area contributed by atoms with Crippen LogP contribution in [0.1, 0.15) is 56.8 Å². The van der Waals surface area contributed by atoms with Gasteiger partial charge in [0.05, 0.1) is 0 Å². The first-order chi connectivity index (χ1) is 19.5. The second-order valence-electron chi connectivity index (χ2n) is 11.6. The predicted molar refractivity (Wildman–Crippen MR) is 152 cm³/mol. The summed E-state index contributed by atoms with van der Waals surface area (Å²) < 4.78 is 5.29. The summed E-state index contributed by atoms with van der Waals surface area (Å²) in [5.74, 6) is 2.44. The van der Waals surface area contributed by atoms with Gasteiger partial charge in [-0.2, -0.15) is 0 Å². The summed E-state index contributed by atoms with van der Waals surface area (Å²) in [4.78, 5) is 32.3. The van der Waals surface area contributed by atoms with Crippen LogP contribution in [0.2, 0.25) is 0 Å². The molecule has 2 aliphatic rings. The molecule has 204 valence electrons. The molecule has 0 bridgehead atoms. The average Bonchev–Trinajstić information content (AvgIpc) is 3.87. The Balaban J connectivity index is 1.31. The van der Waals surface area contributed by atoms with Crippen LogP contribution in [0, 0.1) is 11.8 Å². The van der Waals surface area contributed by atoms with Gasteiger partial charge < -0.3 is 4.57 Å². The molecule has 5 aromatic rings. The van der Waals surface area contributed by atoms with E-state index in [1.165, 1.54) is 4.57 Å². The van der Waals surface area contributed by atoms with Gasteiger partial charge in [-0.25, -0.2) is 14.9 Å². The van der Waals surface area contributed by atoms with Gasteiger partial charge >= 0.3 is 5.69 Å². The first-order valence-corrected chi connectivity index (χ1v) is 14.1. The Morgan fingerprint density at radius 3 is 2.17 bits per heavy atom. The molecular weight excluding hydrogens is 504 g/mol. The number of nitrogens with zero attached hydrogens (tertiary/aromatic N) is 7. The number of hydrogen-bond donors (Lipinski definition) is 1. The fourth-order valence-electron chi connectivity index (χ4n) is 5.54. The van der Waals surface area contributed by atoms with Crippen LogP contribution in [0.25, 0.3) is 33.7 Å². The number of aromatic nitrogens is 8. The number of imidazole rings is 1. The van der Waals surface area contributed by atoms with E-state index >= 15 is 0 Å². The van der Waals surface area contributed by atoms with E-state index in [0.717, 1.165) is 53.8 Å². The van der Waals surface area contributed by atoms with Gasteiger partial charge in [0.25, 0.3) is 5.56 Å². The molecule has 10 nitrogen and oxygen atoms in total. The van der Waals surface area contributed by atoms with Crippen molar-refractivity contribution in [1.82, 2.24) is 39.3 Å². The van der Waals surface area contributed by atoms with Crippen molar-refractivity contribution in [2.24, 2.45) is 11.8 Å². The average molecular weight is 537 g/mol. The summed E-state index contributed by atoms with van der Waals surface area (Å²) in [6.07, 6.45) is 4.39. The predicted octanol–water partition coefficient (Wildman–Crippen LogP) is 4.20. The van der Waals surface area contributed by atoms with Gasteiger partial charge in [0.1, 0.15) is 5.82 Å². The number of H-pyrrole nitrogens is 1. The summed E-state index contributed by atoms with van der Waals surface area (Å²) in [5, 5.41) is 14.4. The van der Waals surface area contributed by atoms with Crippen LogP contribution < -0.4 is 11.2 Å². The maximum Gasteiger partial charge on any atom is 0.332 e. The van der Waals surface area contributed by atoms with Crippen molar-refractivity contribution in [2.45, 2.75) is 65.1 Å². The van der Waals surface area contributed by atoms with Crippen molar-refractivity contribution in [1.29, 1.82) is 0 Å². The smallest absolute Gasteiger partial charge is 0.317 e. The Morgan fingerprint density at radius 1 is 0.875 bits per heavy atom. The summed E-state index contributed by atoms with van der Waals surface area (Å²) in [6, 6.07) is 16.3. The number of benzene rings is 2. The second-order valence-corrected chi connectivity index (χ2v) is 11.6. The Kier molecular flexibility index (Phi) is 5.98.